The maximum Gasteiger partial charge on any atom is 0.222 e. The Kier molecular flexibility index (Phi) is 6.46. The number of hydrogen-bond donors (Lipinski definition) is 1. The minimum atomic E-state index is -0.245. The van der Waals surface area contributed by atoms with E-state index >= 15 is 0 Å². The first-order valence-corrected chi connectivity index (χ1v) is 10.8. The molecule has 1 fully saturated rings. The normalized spacial score (nSPS) is 16.4. The molecule has 164 valence electrons. The summed E-state index contributed by atoms with van der Waals surface area (Å²) in [5.74, 6) is -0.164. The van der Waals surface area contributed by atoms with Crippen molar-refractivity contribution in [2.75, 3.05) is 13.1 Å². The molecule has 0 aliphatic carbocycles. The molecule has 7 nitrogen and oxygen atoms in total. The summed E-state index contributed by atoms with van der Waals surface area (Å²) < 4.78 is 16.9. The number of carbonyl (C=O) groups is 1. The van der Waals surface area contributed by atoms with E-state index in [2.05, 4.69) is 26.5 Å². The van der Waals surface area contributed by atoms with E-state index in [1.807, 2.05) is 35.6 Å². The Morgan fingerprint density at radius 1 is 1.26 bits per heavy atom. The highest BCUT2D eigenvalue weighted by Gasteiger charge is 2.22. The SMILES string of the molecule is C[C@@H](CC(=O)NC1CCN(Cc2cc(-c3ccc(F)cc3)nn2C)CC1)n1cccn1. The number of carbonyl (C=O) groups excluding carboxylic acids is 1. The van der Waals surface area contributed by atoms with Crippen molar-refractivity contribution >= 4 is 5.91 Å². The van der Waals surface area contributed by atoms with E-state index in [-0.39, 0.29) is 23.8 Å². The van der Waals surface area contributed by atoms with E-state index in [1.165, 1.54) is 12.1 Å². The topological polar surface area (TPSA) is 68.0 Å². The summed E-state index contributed by atoms with van der Waals surface area (Å²) in [4.78, 5) is 14.8. The van der Waals surface area contributed by atoms with Crippen LogP contribution in [-0.2, 0) is 18.4 Å². The number of hydrogen-bond acceptors (Lipinski definition) is 4. The van der Waals surface area contributed by atoms with Gasteiger partial charge in [-0.1, -0.05) is 0 Å². The van der Waals surface area contributed by atoms with Crippen molar-refractivity contribution in [3.63, 3.8) is 0 Å². The van der Waals surface area contributed by atoms with Crippen molar-refractivity contribution in [1.82, 2.24) is 29.8 Å². The molecule has 31 heavy (non-hydrogen) atoms. The molecule has 0 bridgehead atoms. The molecule has 1 N–H and O–H groups in total. The first-order valence-electron chi connectivity index (χ1n) is 10.8. The van der Waals surface area contributed by atoms with Crippen molar-refractivity contribution in [1.29, 1.82) is 0 Å². The van der Waals surface area contributed by atoms with E-state index in [0.717, 1.165) is 49.4 Å². The van der Waals surface area contributed by atoms with Crippen LogP contribution in [0.2, 0.25) is 0 Å². The van der Waals surface area contributed by atoms with Gasteiger partial charge in [-0.25, -0.2) is 4.39 Å². The Morgan fingerprint density at radius 3 is 2.68 bits per heavy atom. The van der Waals surface area contributed by atoms with Gasteiger partial charge in [0.25, 0.3) is 0 Å². The fourth-order valence-electron chi connectivity index (χ4n) is 4.07. The fourth-order valence-corrected chi connectivity index (χ4v) is 4.07. The van der Waals surface area contributed by atoms with Crippen LogP contribution in [0.15, 0.2) is 48.8 Å². The molecule has 0 radical (unpaired) electrons. The van der Waals surface area contributed by atoms with Gasteiger partial charge in [0.05, 0.1) is 17.4 Å². The van der Waals surface area contributed by atoms with E-state index in [0.29, 0.717) is 6.42 Å². The zero-order valence-electron chi connectivity index (χ0n) is 18.0. The number of nitrogens with zero attached hydrogens (tertiary/aromatic N) is 5. The lowest BCUT2D eigenvalue weighted by atomic mass is 10.0. The Hall–Kier alpha value is -3.00. The van der Waals surface area contributed by atoms with Gasteiger partial charge in [0.2, 0.25) is 5.91 Å². The highest BCUT2D eigenvalue weighted by molar-refractivity contribution is 5.76. The van der Waals surface area contributed by atoms with Crippen molar-refractivity contribution < 1.29 is 9.18 Å². The Morgan fingerprint density at radius 2 is 2.00 bits per heavy atom. The summed E-state index contributed by atoms with van der Waals surface area (Å²) in [5.41, 5.74) is 2.88. The zero-order chi connectivity index (χ0) is 21.8. The maximum absolute atomic E-state index is 13.2. The number of aromatic nitrogens is 4. The highest BCUT2D eigenvalue weighted by Crippen LogP contribution is 2.21. The molecule has 2 aromatic heterocycles. The van der Waals surface area contributed by atoms with Gasteiger partial charge in [-0.15, -0.1) is 0 Å². The van der Waals surface area contributed by atoms with E-state index in [9.17, 15) is 9.18 Å². The molecule has 1 amide bonds. The lowest BCUT2D eigenvalue weighted by molar-refractivity contribution is -0.122. The molecule has 4 rings (SSSR count). The number of aryl methyl sites for hydroxylation is 1. The molecule has 8 heteroatoms. The van der Waals surface area contributed by atoms with Crippen LogP contribution in [0.4, 0.5) is 4.39 Å². The third-order valence-corrected chi connectivity index (χ3v) is 5.91. The molecule has 1 aromatic carbocycles. The summed E-state index contributed by atoms with van der Waals surface area (Å²) in [6.45, 7) is 4.67. The third-order valence-electron chi connectivity index (χ3n) is 5.91. The molecular formula is C23H29FN6O. The van der Waals surface area contributed by atoms with Gasteiger partial charge in [-0.05, 0) is 56.2 Å². The molecule has 1 aliphatic heterocycles. The molecule has 1 saturated heterocycles. The van der Waals surface area contributed by atoms with Crippen LogP contribution in [0, 0.1) is 5.82 Å². The van der Waals surface area contributed by atoms with E-state index in [4.69, 9.17) is 0 Å². The third kappa shape index (κ3) is 5.38. The molecule has 3 heterocycles. The molecule has 3 aromatic rings. The van der Waals surface area contributed by atoms with Crippen LogP contribution < -0.4 is 5.32 Å². The second-order valence-corrected chi connectivity index (χ2v) is 8.31. The van der Waals surface area contributed by atoms with Crippen molar-refractivity contribution in [2.45, 2.75) is 44.8 Å². The number of likely N-dealkylation sites (tertiary alicyclic amines) is 1. The second kappa shape index (κ2) is 9.43. The average Bonchev–Trinajstić information content (AvgIpc) is 3.41. The standard InChI is InChI=1S/C23H29FN6O/c1-17(30-11-3-10-25-30)14-23(31)26-20-8-12-29(13-9-20)16-21-15-22(27-28(21)2)18-4-6-19(24)7-5-18/h3-7,10-11,15,17,20H,8-9,12-14,16H2,1-2H3,(H,26,31)/t17-/m0/s1. The van der Waals surface area contributed by atoms with Gasteiger partial charge in [-0.3, -0.25) is 19.1 Å². The fraction of sp³-hybridized carbons (Fsp3) is 0.435. The first kappa shape index (κ1) is 21.2. The molecule has 0 saturated carbocycles. The van der Waals surface area contributed by atoms with Crippen molar-refractivity contribution in [3.8, 4) is 11.3 Å². The predicted octanol–water partition coefficient (Wildman–Crippen LogP) is 3.15. The summed E-state index contributed by atoms with van der Waals surface area (Å²) in [6, 6.07) is 10.6. The van der Waals surface area contributed by atoms with Gasteiger partial charge < -0.3 is 5.32 Å². The van der Waals surface area contributed by atoms with Gasteiger partial charge in [0.1, 0.15) is 5.82 Å². The van der Waals surface area contributed by atoms with Gasteiger partial charge in [0, 0.05) is 57.1 Å². The van der Waals surface area contributed by atoms with Gasteiger partial charge in [-0.2, -0.15) is 10.2 Å². The van der Waals surface area contributed by atoms with Crippen LogP contribution in [0.1, 0.15) is 37.9 Å². The van der Waals surface area contributed by atoms with Gasteiger partial charge in [0.15, 0.2) is 0 Å². The first-order chi connectivity index (χ1) is 15.0. The smallest absolute Gasteiger partial charge is 0.222 e. The highest BCUT2D eigenvalue weighted by atomic mass is 19.1. The van der Waals surface area contributed by atoms with Crippen LogP contribution in [0.25, 0.3) is 11.3 Å². The minimum Gasteiger partial charge on any atom is -0.353 e. The summed E-state index contributed by atoms with van der Waals surface area (Å²) >= 11 is 0. The molecule has 1 atom stereocenters. The Bertz CT molecular complexity index is 990. The minimum absolute atomic E-state index is 0.0511. The quantitative estimate of drug-likeness (QED) is 0.633. The summed E-state index contributed by atoms with van der Waals surface area (Å²) in [7, 11) is 1.94. The number of piperidine rings is 1. The average molecular weight is 425 g/mol. The summed E-state index contributed by atoms with van der Waals surface area (Å²) in [6.07, 6.45) is 5.92. The van der Waals surface area contributed by atoms with Crippen molar-refractivity contribution in [3.05, 3.63) is 60.3 Å². The number of benzene rings is 1. The monoisotopic (exact) mass is 424 g/mol. The lowest BCUT2D eigenvalue weighted by Gasteiger charge is -2.32. The Labute approximate surface area is 181 Å². The number of nitrogens with one attached hydrogen (secondary N) is 1. The molecule has 1 aliphatic rings. The number of rotatable bonds is 7. The predicted molar refractivity (Wildman–Crippen MR) is 117 cm³/mol. The lowest BCUT2D eigenvalue weighted by Crippen LogP contribution is -2.44. The molecular weight excluding hydrogens is 395 g/mol. The van der Waals surface area contributed by atoms with Crippen LogP contribution in [-0.4, -0.2) is 49.5 Å². The number of amides is 1. The van der Waals surface area contributed by atoms with Crippen molar-refractivity contribution in [2.24, 2.45) is 7.05 Å². The van der Waals surface area contributed by atoms with E-state index < -0.39 is 0 Å². The summed E-state index contributed by atoms with van der Waals surface area (Å²) in [5, 5.41) is 12.0. The maximum atomic E-state index is 13.2. The van der Waals surface area contributed by atoms with Crippen LogP contribution >= 0.6 is 0 Å². The van der Waals surface area contributed by atoms with E-state index in [1.54, 1.807) is 18.3 Å². The molecule has 0 unspecified atom stereocenters. The second-order valence-electron chi connectivity index (χ2n) is 8.31. The van der Waals surface area contributed by atoms with Gasteiger partial charge >= 0.3 is 0 Å². The largest absolute Gasteiger partial charge is 0.353 e. The molecule has 0 spiro atoms. The van der Waals surface area contributed by atoms with Crippen LogP contribution in [0.3, 0.4) is 0 Å². The zero-order valence-corrected chi connectivity index (χ0v) is 18.0. The number of halogens is 1. The van der Waals surface area contributed by atoms with Crippen LogP contribution in [0.5, 0.6) is 0 Å². The Balaban J connectivity index is 1.26.